The third-order valence-corrected chi connectivity index (χ3v) is 3.48. The van der Waals surface area contributed by atoms with Crippen molar-refractivity contribution in [1.29, 1.82) is 0 Å². The van der Waals surface area contributed by atoms with Crippen LogP contribution >= 0.6 is 0 Å². The fourth-order valence-corrected chi connectivity index (χ4v) is 2.46. The molecule has 0 spiro atoms. The molecule has 1 saturated heterocycles. The van der Waals surface area contributed by atoms with Crippen LogP contribution in [0.4, 0.5) is 5.69 Å². The average Bonchev–Trinajstić information content (AvgIpc) is 3.10. The molecule has 0 atom stereocenters. The van der Waals surface area contributed by atoms with Gasteiger partial charge in [0.25, 0.3) is 0 Å². The van der Waals surface area contributed by atoms with E-state index in [9.17, 15) is 0 Å². The number of hydrogen-bond acceptors (Lipinski definition) is 1. The van der Waals surface area contributed by atoms with E-state index < -0.39 is 0 Å². The fourth-order valence-electron chi connectivity index (χ4n) is 2.46. The lowest BCUT2D eigenvalue weighted by Crippen LogP contribution is -2.17. The summed E-state index contributed by atoms with van der Waals surface area (Å²) in [6.07, 6.45) is 7.58. The molecule has 2 aromatic rings. The topological polar surface area (TPSA) is 30.5 Å². The van der Waals surface area contributed by atoms with Gasteiger partial charge in [0, 0.05) is 42.4 Å². The minimum absolute atomic E-state index is 0.818. The molecule has 3 nitrogen and oxygen atoms in total. The zero-order valence-electron chi connectivity index (χ0n) is 10.3. The van der Waals surface area contributed by atoms with E-state index in [0.29, 0.717) is 0 Å². The van der Waals surface area contributed by atoms with Crippen molar-refractivity contribution in [2.24, 2.45) is 0 Å². The van der Waals surface area contributed by atoms with Gasteiger partial charge in [0.1, 0.15) is 0 Å². The molecule has 1 aromatic carbocycles. The molecule has 0 N–H and O–H groups in total. The molecule has 1 aromatic heterocycles. The summed E-state index contributed by atoms with van der Waals surface area (Å²) in [4.78, 5) is 2.42. The molecule has 0 saturated carbocycles. The van der Waals surface area contributed by atoms with Gasteiger partial charge in [0.05, 0.1) is 6.21 Å². The number of benzene rings is 1. The van der Waals surface area contributed by atoms with E-state index in [0.717, 1.165) is 17.5 Å². The Bertz CT molecular complexity index is 533. The Hall–Kier alpha value is -2.03. The van der Waals surface area contributed by atoms with Gasteiger partial charge in [-0.1, -0.05) is 0 Å². The molecule has 0 bridgehead atoms. The second-order valence-corrected chi connectivity index (χ2v) is 4.69. The summed E-state index contributed by atoms with van der Waals surface area (Å²) >= 11 is 0. The first kappa shape index (κ1) is 11.1. The van der Waals surface area contributed by atoms with E-state index in [1.807, 2.05) is 23.0 Å². The van der Waals surface area contributed by atoms with Gasteiger partial charge in [-0.05, 0) is 43.2 Å². The monoisotopic (exact) mass is 238 g/mol. The SMILES string of the molecule is [N]=Cc1ccn(-c2ccc(N3CCCC3)cc2)c1. The molecule has 1 aliphatic rings. The summed E-state index contributed by atoms with van der Waals surface area (Å²) in [6.45, 7) is 2.35. The molecule has 2 heterocycles. The molecule has 3 heteroatoms. The van der Waals surface area contributed by atoms with Crippen LogP contribution in [0.3, 0.4) is 0 Å². The van der Waals surface area contributed by atoms with Crippen LogP contribution in [0, 0.1) is 0 Å². The van der Waals surface area contributed by atoms with Crippen molar-refractivity contribution < 1.29 is 0 Å². The Kier molecular flexibility index (Phi) is 2.89. The van der Waals surface area contributed by atoms with Gasteiger partial charge >= 0.3 is 0 Å². The zero-order chi connectivity index (χ0) is 12.4. The van der Waals surface area contributed by atoms with Crippen molar-refractivity contribution >= 4 is 11.9 Å². The molecule has 3 rings (SSSR count). The van der Waals surface area contributed by atoms with Crippen LogP contribution in [0.2, 0.25) is 0 Å². The maximum Gasteiger partial charge on any atom is 0.0583 e. The Morgan fingerprint density at radius 1 is 0.944 bits per heavy atom. The van der Waals surface area contributed by atoms with E-state index in [2.05, 4.69) is 29.2 Å². The molecule has 1 fully saturated rings. The summed E-state index contributed by atoms with van der Waals surface area (Å²) in [5.74, 6) is 0. The van der Waals surface area contributed by atoms with Crippen molar-refractivity contribution in [1.82, 2.24) is 9.98 Å². The predicted octanol–water partition coefficient (Wildman–Crippen LogP) is 2.30. The first-order valence-electron chi connectivity index (χ1n) is 6.37. The summed E-state index contributed by atoms with van der Waals surface area (Å²) in [6, 6.07) is 10.5. The standard InChI is InChI=1S/C15H16N3/c16-11-13-7-10-18(12-13)15-5-3-14(4-6-15)17-8-1-2-9-17/h3-7,10-12H,1-2,8-9H2. The normalized spacial score (nSPS) is 15.0. The molecular formula is C15H16N3. The van der Waals surface area contributed by atoms with Gasteiger partial charge in [-0.25, -0.2) is 0 Å². The van der Waals surface area contributed by atoms with Crippen LogP contribution in [0.15, 0.2) is 42.7 Å². The third-order valence-electron chi connectivity index (χ3n) is 3.48. The van der Waals surface area contributed by atoms with Crippen molar-refractivity contribution in [3.63, 3.8) is 0 Å². The molecule has 0 aliphatic carbocycles. The lowest BCUT2D eigenvalue weighted by molar-refractivity contribution is 0.949. The van der Waals surface area contributed by atoms with Crippen molar-refractivity contribution in [3.8, 4) is 5.69 Å². The maximum absolute atomic E-state index is 8.94. The molecule has 91 valence electrons. The molecule has 1 radical (unpaired) electrons. The van der Waals surface area contributed by atoms with Gasteiger partial charge in [-0.2, -0.15) is 5.41 Å². The Balaban J connectivity index is 1.83. The highest BCUT2D eigenvalue weighted by Crippen LogP contribution is 2.21. The van der Waals surface area contributed by atoms with Crippen LogP contribution in [0.1, 0.15) is 18.4 Å². The second kappa shape index (κ2) is 4.69. The summed E-state index contributed by atoms with van der Waals surface area (Å²) in [7, 11) is 0. The van der Waals surface area contributed by atoms with Crippen LogP contribution < -0.4 is 10.3 Å². The minimum atomic E-state index is 0.818. The number of hydrogen-bond donors (Lipinski definition) is 0. The van der Waals surface area contributed by atoms with Crippen LogP contribution in [-0.2, 0) is 0 Å². The fraction of sp³-hybridized carbons (Fsp3) is 0.267. The number of anilines is 1. The third kappa shape index (κ3) is 2.04. The molecule has 18 heavy (non-hydrogen) atoms. The van der Waals surface area contributed by atoms with Gasteiger partial charge in [0.15, 0.2) is 0 Å². The van der Waals surface area contributed by atoms with E-state index in [-0.39, 0.29) is 0 Å². The highest BCUT2D eigenvalue weighted by atomic mass is 15.1. The number of aromatic nitrogens is 1. The first-order valence-corrected chi connectivity index (χ1v) is 6.37. The molecule has 0 unspecified atom stereocenters. The lowest BCUT2D eigenvalue weighted by atomic mass is 10.2. The Morgan fingerprint density at radius 3 is 2.22 bits per heavy atom. The van der Waals surface area contributed by atoms with Gasteiger partial charge in [-0.15, -0.1) is 0 Å². The highest BCUT2D eigenvalue weighted by molar-refractivity contribution is 5.77. The quantitative estimate of drug-likeness (QED) is 0.755. The van der Waals surface area contributed by atoms with Crippen molar-refractivity contribution in [2.75, 3.05) is 18.0 Å². The highest BCUT2D eigenvalue weighted by Gasteiger charge is 2.11. The maximum atomic E-state index is 8.94. The molecule has 0 amide bonds. The number of nitrogens with zero attached hydrogens (tertiary/aromatic N) is 3. The van der Waals surface area contributed by atoms with Crippen LogP contribution in [0.5, 0.6) is 0 Å². The summed E-state index contributed by atoms with van der Waals surface area (Å²) in [5, 5.41) is 8.94. The summed E-state index contributed by atoms with van der Waals surface area (Å²) in [5.41, 5.74) is 3.24. The Morgan fingerprint density at radius 2 is 1.61 bits per heavy atom. The smallest absolute Gasteiger partial charge is 0.0583 e. The first-order chi connectivity index (χ1) is 8.86. The zero-order valence-corrected chi connectivity index (χ0v) is 10.3. The lowest BCUT2D eigenvalue weighted by Gasteiger charge is -2.17. The largest absolute Gasteiger partial charge is 0.372 e. The average molecular weight is 238 g/mol. The van der Waals surface area contributed by atoms with E-state index >= 15 is 0 Å². The molecular weight excluding hydrogens is 222 g/mol. The summed E-state index contributed by atoms with van der Waals surface area (Å²) < 4.78 is 2.01. The predicted molar refractivity (Wildman–Crippen MR) is 74.5 cm³/mol. The van der Waals surface area contributed by atoms with Crippen LogP contribution in [0.25, 0.3) is 5.69 Å². The second-order valence-electron chi connectivity index (χ2n) is 4.69. The molecule has 1 aliphatic heterocycles. The van der Waals surface area contributed by atoms with E-state index in [4.69, 9.17) is 5.41 Å². The minimum Gasteiger partial charge on any atom is -0.372 e. The van der Waals surface area contributed by atoms with Gasteiger partial charge in [0.2, 0.25) is 0 Å². The van der Waals surface area contributed by atoms with Crippen molar-refractivity contribution in [2.45, 2.75) is 12.8 Å². The van der Waals surface area contributed by atoms with Gasteiger partial charge in [-0.3, -0.25) is 0 Å². The number of rotatable bonds is 3. The Labute approximate surface area is 107 Å². The van der Waals surface area contributed by atoms with Gasteiger partial charge < -0.3 is 9.47 Å². The van der Waals surface area contributed by atoms with Crippen LogP contribution in [-0.4, -0.2) is 23.9 Å². The van der Waals surface area contributed by atoms with E-state index in [1.165, 1.54) is 31.6 Å². The van der Waals surface area contributed by atoms with Crippen molar-refractivity contribution in [3.05, 3.63) is 48.3 Å². The van der Waals surface area contributed by atoms with E-state index in [1.54, 1.807) is 0 Å².